The maximum absolute atomic E-state index is 10.9. The molecule has 2 aromatic carbocycles. The number of nitrogens with one attached hydrogen (secondary N) is 2. The van der Waals surface area contributed by atoms with E-state index in [0.29, 0.717) is 15.1 Å². The molecule has 0 aliphatic heterocycles. The molecule has 0 saturated heterocycles. The van der Waals surface area contributed by atoms with Crippen molar-refractivity contribution >= 4 is 41.8 Å². The van der Waals surface area contributed by atoms with Crippen LogP contribution in [0.2, 0.25) is 0 Å². The van der Waals surface area contributed by atoms with E-state index in [1.165, 1.54) is 0 Å². The molecule has 0 aliphatic rings. The lowest BCUT2D eigenvalue weighted by Gasteiger charge is -2.21. The molecular weight excluding hydrogens is 372 g/mol. The monoisotopic (exact) mass is 388 g/mol. The van der Waals surface area contributed by atoms with Gasteiger partial charge in [0.05, 0.1) is 5.69 Å². The van der Waals surface area contributed by atoms with Gasteiger partial charge in [0, 0.05) is 18.4 Å². The fourth-order valence-electron chi connectivity index (χ4n) is 2.56. The van der Waals surface area contributed by atoms with Crippen molar-refractivity contribution in [3.63, 3.8) is 0 Å². The number of anilines is 2. The molecular formula is C17H16N4O3S2. The Morgan fingerprint density at radius 1 is 1.08 bits per heavy atom. The Kier molecular flexibility index (Phi) is 5.03. The Morgan fingerprint density at radius 3 is 2.27 bits per heavy atom. The van der Waals surface area contributed by atoms with E-state index in [4.69, 9.17) is 29.5 Å². The van der Waals surface area contributed by atoms with Crippen LogP contribution >= 0.6 is 24.4 Å². The summed E-state index contributed by atoms with van der Waals surface area (Å²) in [6.07, 6.45) is -1.53. The molecule has 1 heterocycles. The molecule has 0 amide bonds. The van der Waals surface area contributed by atoms with E-state index in [2.05, 4.69) is 10.2 Å². The number of benzene rings is 2. The van der Waals surface area contributed by atoms with Crippen LogP contribution < -0.4 is 4.90 Å². The first-order valence-corrected chi connectivity index (χ1v) is 8.45. The number of H-pyrrole nitrogens is 2. The molecule has 0 fully saturated rings. The maximum atomic E-state index is 10.9. The number of carbonyl (C=O) groups is 1. The van der Waals surface area contributed by atoms with Crippen LogP contribution in [0.1, 0.15) is 11.7 Å². The van der Waals surface area contributed by atoms with E-state index in [-0.39, 0.29) is 0 Å². The number of hydrogen-bond acceptors (Lipinski definition) is 5. The molecule has 0 spiro atoms. The first kappa shape index (κ1) is 18.1. The van der Waals surface area contributed by atoms with Crippen molar-refractivity contribution in [3.05, 3.63) is 63.6 Å². The lowest BCUT2D eigenvalue weighted by atomic mass is 10.1. The third-order valence-electron chi connectivity index (χ3n) is 3.99. The number of carboxylic acid groups (broad SMARTS) is 1. The molecule has 4 N–H and O–H groups in total. The third kappa shape index (κ3) is 3.45. The van der Waals surface area contributed by atoms with Gasteiger partial charge in [-0.3, -0.25) is 14.8 Å². The molecule has 0 saturated carbocycles. The summed E-state index contributed by atoms with van der Waals surface area (Å²) in [4.78, 5) is 12.8. The Morgan fingerprint density at radius 2 is 1.69 bits per heavy atom. The van der Waals surface area contributed by atoms with Crippen molar-refractivity contribution in [2.45, 2.75) is 6.10 Å². The highest BCUT2D eigenvalue weighted by atomic mass is 32.1. The SMILES string of the molecule is CN(c1ccc(C(O)C(=O)O)cc1)c1cccc(-n2c(=S)[nH][nH]c2=S)c1. The van der Waals surface area contributed by atoms with Gasteiger partial charge in [0.1, 0.15) is 0 Å². The molecule has 0 radical (unpaired) electrons. The number of hydrogen-bond donors (Lipinski definition) is 4. The lowest BCUT2D eigenvalue weighted by Crippen LogP contribution is -2.12. The third-order valence-corrected chi connectivity index (χ3v) is 4.56. The fraction of sp³-hybridized carbons (Fsp3) is 0.118. The van der Waals surface area contributed by atoms with Crippen LogP contribution in [0.15, 0.2) is 48.5 Å². The smallest absolute Gasteiger partial charge is 0.337 e. The Balaban J connectivity index is 1.92. The Hall–Kier alpha value is -2.75. The van der Waals surface area contributed by atoms with Gasteiger partial charge >= 0.3 is 5.97 Å². The van der Waals surface area contributed by atoms with Crippen molar-refractivity contribution in [2.75, 3.05) is 11.9 Å². The molecule has 1 unspecified atom stereocenters. The van der Waals surface area contributed by atoms with Gasteiger partial charge in [0.15, 0.2) is 15.6 Å². The van der Waals surface area contributed by atoms with Crippen molar-refractivity contribution in [1.82, 2.24) is 14.8 Å². The topological polar surface area (TPSA) is 97.3 Å². The van der Waals surface area contributed by atoms with Gasteiger partial charge in [-0.25, -0.2) is 4.79 Å². The quantitative estimate of drug-likeness (QED) is 0.500. The highest BCUT2D eigenvalue weighted by molar-refractivity contribution is 7.72. The van der Waals surface area contributed by atoms with Crippen molar-refractivity contribution in [2.24, 2.45) is 0 Å². The van der Waals surface area contributed by atoms with Gasteiger partial charge < -0.3 is 15.1 Å². The highest BCUT2D eigenvalue weighted by Crippen LogP contribution is 2.27. The average molecular weight is 388 g/mol. The van der Waals surface area contributed by atoms with Crippen LogP contribution in [0.5, 0.6) is 0 Å². The molecule has 7 nitrogen and oxygen atoms in total. The van der Waals surface area contributed by atoms with Gasteiger partial charge in [-0.1, -0.05) is 18.2 Å². The van der Waals surface area contributed by atoms with Gasteiger partial charge in [-0.2, -0.15) is 0 Å². The van der Waals surface area contributed by atoms with Crippen molar-refractivity contribution < 1.29 is 15.0 Å². The standard InChI is InChI=1S/C17H16N4O3S2/c1-20(11-7-5-10(6-8-11)14(22)15(23)24)12-3-2-4-13(9-12)21-16(25)18-19-17(21)26/h2-9,14,22H,1H3,(H,18,25)(H,19,26)(H,23,24). The maximum Gasteiger partial charge on any atom is 0.337 e. The molecule has 134 valence electrons. The van der Waals surface area contributed by atoms with Crippen LogP contribution in [0, 0.1) is 9.54 Å². The molecule has 3 aromatic rings. The lowest BCUT2D eigenvalue weighted by molar-refractivity contribution is -0.146. The Bertz CT molecular complexity index is 1030. The van der Waals surface area contributed by atoms with E-state index >= 15 is 0 Å². The summed E-state index contributed by atoms with van der Waals surface area (Å²) < 4.78 is 2.66. The van der Waals surface area contributed by atoms with Crippen molar-refractivity contribution in [3.8, 4) is 5.69 Å². The van der Waals surface area contributed by atoms with Crippen LogP contribution in [-0.2, 0) is 4.79 Å². The highest BCUT2D eigenvalue weighted by Gasteiger charge is 2.16. The summed E-state index contributed by atoms with van der Waals surface area (Å²) >= 11 is 10.5. The first-order valence-electron chi connectivity index (χ1n) is 7.63. The number of aliphatic carboxylic acids is 1. The number of nitrogens with zero attached hydrogens (tertiary/aromatic N) is 2. The summed E-state index contributed by atoms with van der Waals surface area (Å²) in [6.45, 7) is 0. The van der Waals surface area contributed by atoms with Crippen LogP contribution in [-0.4, -0.2) is 38.0 Å². The zero-order valence-electron chi connectivity index (χ0n) is 13.7. The predicted molar refractivity (Wildman–Crippen MR) is 103 cm³/mol. The summed E-state index contributed by atoms with van der Waals surface area (Å²) in [7, 11) is 1.89. The van der Waals surface area contributed by atoms with E-state index < -0.39 is 12.1 Å². The first-order chi connectivity index (χ1) is 12.4. The number of aromatic nitrogens is 3. The summed E-state index contributed by atoms with van der Waals surface area (Å²) in [6, 6.07) is 14.4. The number of aliphatic hydroxyl groups is 1. The summed E-state index contributed by atoms with van der Waals surface area (Å²) in [5.41, 5.74) is 2.88. The van der Waals surface area contributed by atoms with E-state index in [9.17, 15) is 9.90 Å². The molecule has 3 rings (SSSR count). The molecule has 9 heteroatoms. The minimum absolute atomic E-state index is 0.327. The van der Waals surface area contributed by atoms with E-state index in [0.717, 1.165) is 17.1 Å². The molecule has 26 heavy (non-hydrogen) atoms. The van der Waals surface area contributed by atoms with Crippen LogP contribution in [0.25, 0.3) is 5.69 Å². The van der Waals surface area contributed by atoms with Crippen LogP contribution in [0.3, 0.4) is 0 Å². The van der Waals surface area contributed by atoms with Gasteiger partial charge in [-0.15, -0.1) is 0 Å². The summed E-state index contributed by atoms with van der Waals surface area (Å²) in [5, 5.41) is 24.1. The number of aromatic amines is 2. The Labute approximate surface area is 159 Å². The molecule has 1 atom stereocenters. The van der Waals surface area contributed by atoms with Crippen LogP contribution in [0.4, 0.5) is 11.4 Å². The number of aliphatic hydroxyl groups excluding tert-OH is 1. The second-order valence-electron chi connectivity index (χ2n) is 5.61. The zero-order valence-corrected chi connectivity index (χ0v) is 15.3. The molecule has 0 aliphatic carbocycles. The number of rotatable bonds is 5. The van der Waals surface area contributed by atoms with E-state index in [1.54, 1.807) is 28.8 Å². The average Bonchev–Trinajstić information content (AvgIpc) is 2.99. The largest absolute Gasteiger partial charge is 0.479 e. The zero-order chi connectivity index (χ0) is 18.8. The predicted octanol–water partition coefficient (Wildman–Crippen LogP) is 3.48. The second kappa shape index (κ2) is 7.24. The minimum atomic E-state index is -1.53. The van der Waals surface area contributed by atoms with Gasteiger partial charge in [0.25, 0.3) is 0 Å². The minimum Gasteiger partial charge on any atom is -0.479 e. The summed E-state index contributed by atoms with van der Waals surface area (Å²) in [5.74, 6) is -1.28. The second-order valence-corrected chi connectivity index (χ2v) is 6.38. The van der Waals surface area contributed by atoms with Gasteiger partial charge in [-0.05, 0) is 60.3 Å². The van der Waals surface area contributed by atoms with E-state index in [1.807, 2.05) is 36.2 Å². The number of carboxylic acids is 1. The normalized spacial score (nSPS) is 11.9. The van der Waals surface area contributed by atoms with Gasteiger partial charge in [0.2, 0.25) is 0 Å². The molecule has 0 bridgehead atoms. The fourth-order valence-corrected chi connectivity index (χ4v) is 3.11. The van der Waals surface area contributed by atoms with Crippen molar-refractivity contribution in [1.29, 1.82) is 0 Å². The molecule has 1 aromatic heterocycles.